The third-order valence-electron chi connectivity index (χ3n) is 5.06. The SMILES string of the molecule is Cc1ccc(S(=O)(=O)Oc2c(-c3ccc(CS(=O)O)cc3)cnn(-c3ccc(F)cc3)c2=O)cc1. The molecule has 1 N–H and O–H groups in total. The highest BCUT2D eigenvalue weighted by atomic mass is 32.2. The predicted octanol–water partition coefficient (Wildman–Crippen LogP) is 3.84. The fraction of sp³-hybridized carbons (Fsp3) is 0.0833. The minimum atomic E-state index is -4.39. The van der Waals surface area contributed by atoms with Crippen molar-refractivity contribution in [3.05, 3.63) is 106 Å². The maximum Gasteiger partial charge on any atom is 0.339 e. The Morgan fingerprint density at radius 2 is 1.63 bits per heavy atom. The molecule has 0 saturated heterocycles. The minimum Gasteiger partial charge on any atom is -0.372 e. The minimum absolute atomic E-state index is 0.0874. The molecule has 1 heterocycles. The molecule has 0 radical (unpaired) electrons. The van der Waals surface area contributed by atoms with Crippen LogP contribution in [0, 0.1) is 12.7 Å². The fourth-order valence-electron chi connectivity index (χ4n) is 3.28. The van der Waals surface area contributed by atoms with Crippen molar-refractivity contribution in [1.82, 2.24) is 9.78 Å². The lowest BCUT2D eigenvalue weighted by Crippen LogP contribution is -2.25. The van der Waals surface area contributed by atoms with Crippen molar-refractivity contribution in [2.75, 3.05) is 0 Å². The lowest BCUT2D eigenvalue weighted by atomic mass is 10.1. The third kappa shape index (κ3) is 5.53. The molecule has 0 fully saturated rings. The molecule has 1 unspecified atom stereocenters. The molecule has 0 aliphatic heterocycles. The van der Waals surface area contributed by atoms with E-state index in [1.807, 2.05) is 0 Å². The maximum atomic E-state index is 13.4. The zero-order chi connectivity index (χ0) is 25.2. The van der Waals surface area contributed by atoms with Gasteiger partial charge in [-0.2, -0.15) is 18.2 Å². The molecule has 0 amide bonds. The Bertz CT molecular complexity index is 1550. The van der Waals surface area contributed by atoms with E-state index < -0.39 is 38.3 Å². The van der Waals surface area contributed by atoms with E-state index in [4.69, 9.17) is 8.74 Å². The van der Waals surface area contributed by atoms with Crippen molar-refractivity contribution in [2.24, 2.45) is 0 Å². The number of aromatic nitrogens is 2. The van der Waals surface area contributed by atoms with Crippen LogP contribution in [-0.2, 0) is 27.0 Å². The molecule has 4 rings (SSSR count). The molecular weight excluding hydrogens is 495 g/mol. The van der Waals surface area contributed by atoms with Gasteiger partial charge in [0.05, 0.1) is 23.2 Å². The zero-order valence-electron chi connectivity index (χ0n) is 18.3. The highest BCUT2D eigenvalue weighted by Gasteiger charge is 2.24. The maximum absolute atomic E-state index is 13.4. The van der Waals surface area contributed by atoms with Crippen LogP contribution in [0.4, 0.5) is 4.39 Å². The smallest absolute Gasteiger partial charge is 0.339 e. The summed E-state index contributed by atoms with van der Waals surface area (Å²) in [6.07, 6.45) is 1.27. The Morgan fingerprint density at radius 3 is 2.23 bits per heavy atom. The average Bonchev–Trinajstić information content (AvgIpc) is 2.81. The summed E-state index contributed by atoms with van der Waals surface area (Å²) in [5.41, 5.74) is 1.25. The van der Waals surface area contributed by atoms with Crippen LogP contribution >= 0.6 is 0 Å². The van der Waals surface area contributed by atoms with Gasteiger partial charge in [-0.1, -0.05) is 42.0 Å². The Kier molecular flexibility index (Phi) is 6.92. The number of hydrogen-bond donors (Lipinski definition) is 1. The van der Waals surface area contributed by atoms with Crippen molar-refractivity contribution in [3.8, 4) is 22.6 Å². The first-order valence-electron chi connectivity index (χ1n) is 10.2. The number of benzene rings is 3. The largest absolute Gasteiger partial charge is 0.372 e. The Balaban J connectivity index is 1.85. The highest BCUT2D eigenvalue weighted by Crippen LogP contribution is 2.29. The summed E-state index contributed by atoms with van der Waals surface area (Å²) in [7, 11) is -4.39. The molecule has 8 nitrogen and oxygen atoms in total. The van der Waals surface area contributed by atoms with E-state index in [1.54, 1.807) is 43.3 Å². The molecule has 4 aromatic rings. The normalized spacial score (nSPS) is 12.3. The first-order chi connectivity index (χ1) is 16.6. The summed E-state index contributed by atoms with van der Waals surface area (Å²) in [4.78, 5) is 13.2. The van der Waals surface area contributed by atoms with Crippen molar-refractivity contribution < 1.29 is 25.8 Å². The van der Waals surface area contributed by atoms with Crippen LogP contribution in [0.25, 0.3) is 16.8 Å². The van der Waals surface area contributed by atoms with Gasteiger partial charge in [-0.05, 0) is 54.4 Å². The van der Waals surface area contributed by atoms with Crippen molar-refractivity contribution >= 4 is 21.2 Å². The molecule has 3 aromatic carbocycles. The van der Waals surface area contributed by atoms with Gasteiger partial charge >= 0.3 is 15.7 Å². The number of aryl methyl sites for hydroxylation is 1. The predicted molar refractivity (Wildman–Crippen MR) is 129 cm³/mol. The molecule has 1 atom stereocenters. The number of halogens is 1. The van der Waals surface area contributed by atoms with Gasteiger partial charge in [0.25, 0.3) is 0 Å². The van der Waals surface area contributed by atoms with E-state index in [1.165, 1.54) is 30.5 Å². The van der Waals surface area contributed by atoms with E-state index in [2.05, 4.69) is 5.10 Å². The summed E-state index contributed by atoms with van der Waals surface area (Å²) in [5, 5.41) is 4.12. The van der Waals surface area contributed by atoms with Crippen LogP contribution in [0.2, 0.25) is 0 Å². The monoisotopic (exact) mass is 514 g/mol. The Hall–Kier alpha value is -3.67. The van der Waals surface area contributed by atoms with Crippen LogP contribution in [0.15, 0.2) is 88.7 Å². The number of rotatable bonds is 7. The molecule has 0 aliphatic rings. The molecule has 0 saturated carbocycles. The Labute approximate surface area is 203 Å². The molecule has 11 heteroatoms. The van der Waals surface area contributed by atoms with Crippen LogP contribution in [-0.4, -0.2) is 27.0 Å². The lowest BCUT2D eigenvalue weighted by molar-refractivity contribution is 0.479. The second kappa shape index (κ2) is 9.90. The van der Waals surface area contributed by atoms with Crippen LogP contribution < -0.4 is 9.74 Å². The molecule has 0 aliphatic carbocycles. The van der Waals surface area contributed by atoms with Gasteiger partial charge in [-0.15, -0.1) is 0 Å². The zero-order valence-corrected chi connectivity index (χ0v) is 19.9. The van der Waals surface area contributed by atoms with Gasteiger partial charge in [0.1, 0.15) is 10.7 Å². The summed E-state index contributed by atoms with van der Waals surface area (Å²) in [6.45, 7) is 1.80. The molecule has 1 aromatic heterocycles. The van der Waals surface area contributed by atoms with Gasteiger partial charge in [-0.25, -0.2) is 8.60 Å². The van der Waals surface area contributed by atoms with E-state index in [0.717, 1.165) is 22.4 Å². The summed E-state index contributed by atoms with van der Waals surface area (Å²) in [6, 6.07) is 17.2. The summed E-state index contributed by atoms with van der Waals surface area (Å²) < 4.78 is 65.8. The Morgan fingerprint density at radius 1 is 1.00 bits per heavy atom. The van der Waals surface area contributed by atoms with Crippen molar-refractivity contribution in [3.63, 3.8) is 0 Å². The third-order valence-corrected chi connectivity index (χ3v) is 6.88. The van der Waals surface area contributed by atoms with E-state index in [9.17, 15) is 21.8 Å². The van der Waals surface area contributed by atoms with Crippen LogP contribution in [0.3, 0.4) is 0 Å². The van der Waals surface area contributed by atoms with E-state index >= 15 is 0 Å². The van der Waals surface area contributed by atoms with Gasteiger partial charge < -0.3 is 8.74 Å². The summed E-state index contributed by atoms with van der Waals surface area (Å²) in [5.74, 6) is -1.10. The summed E-state index contributed by atoms with van der Waals surface area (Å²) >= 11 is -2.03. The first kappa shape index (κ1) is 24.5. The number of hydrogen-bond acceptors (Lipinski definition) is 6. The van der Waals surface area contributed by atoms with E-state index in [-0.39, 0.29) is 21.9 Å². The first-order valence-corrected chi connectivity index (χ1v) is 12.9. The quantitative estimate of drug-likeness (QED) is 0.294. The van der Waals surface area contributed by atoms with Gasteiger partial charge in [-0.3, -0.25) is 4.79 Å². The van der Waals surface area contributed by atoms with Crippen molar-refractivity contribution in [2.45, 2.75) is 17.6 Å². The van der Waals surface area contributed by atoms with Gasteiger partial charge in [0.2, 0.25) is 5.75 Å². The molecule has 0 spiro atoms. The highest BCUT2D eigenvalue weighted by molar-refractivity contribution is 7.87. The van der Waals surface area contributed by atoms with E-state index in [0.29, 0.717) is 11.1 Å². The van der Waals surface area contributed by atoms with Crippen LogP contribution in [0.5, 0.6) is 5.75 Å². The topological polar surface area (TPSA) is 116 Å². The standard InChI is InChI=1S/C24H19FN2O6S2/c1-16-2-12-21(13-3-16)35(31,32)33-23-22(18-6-4-17(5-7-18)15-34(29)30)14-26-27(24(23)28)20-10-8-19(25)9-11-20/h2-14H,15H2,1H3,(H,29,30). The average molecular weight is 515 g/mol. The van der Waals surface area contributed by atoms with Crippen LogP contribution in [0.1, 0.15) is 11.1 Å². The molecule has 0 bridgehead atoms. The van der Waals surface area contributed by atoms with Crippen molar-refractivity contribution in [1.29, 1.82) is 0 Å². The second-order valence-corrected chi connectivity index (χ2v) is 10.1. The van der Waals surface area contributed by atoms with Gasteiger partial charge in [0, 0.05) is 0 Å². The lowest BCUT2D eigenvalue weighted by Gasteiger charge is -2.14. The van der Waals surface area contributed by atoms with Gasteiger partial charge in [0.15, 0.2) is 11.1 Å². The second-order valence-electron chi connectivity index (χ2n) is 7.59. The molecular formula is C24H19FN2O6S2. The fourth-order valence-corrected chi connectivity index (χ4v) is 4.70. The molecule has 35 heavy (non-hydrogen) atoms. The number of nitrogens with zero attached hydrogens (tertiary/aromatic N) is 2. The molecule has 180 valence electrons.